The molecule has 0 unspecified atom stereocenters. The van der Waals surface area contributed by atoms with Crippen molar-refractivity contribution in [3.05, 3.63) is 18.3 Å². The quantitative estimate of drug-likeness (QED) is 0.822. The number of nitrogens with zero attached hydrogens (tertiary/aromatic N) is 1. The van der Waals surface area contributed by atoms with Crippen molar-refractivity contribution in [3.8, 4) is 0 Å². The lowest BCUT2D eigenvalue weighted by Crippen LogP contribution is -2.32. The van der Waals surface area contributed by atoms with Crippen LogP contribution in [0.1, 0.15) is 26.2 Å². The third kappa shape index (κ3) is 3.00. The molecule has 6 heteroatoms. The zero-order valence-corrected chi connectivity index (χ0v) is 11.3. The van der Waals surface area contributed by atoms with Crippen molar-refractivity contribution in [1.29, 1.82) is 0 Å². The van der Waals surface area contributed by atoms with Crippen LogP contribution in [0.3, 0.4) is 0 Å². The first-order chi connectivity index (χ1) is 8.63. The number of hydrogen-bond donors (Lipinski definition) is 2. The molecule has 100 valence electrons. The lowest BCUT2D eigenvalue weighted by atomic mass is 9.86. The number of aromatic nitrogens is 1. The summed E-state index contributed by atoms with van der Waals surface area (Å²) in [5.41, 5.74) is 0. The van der Waals surface area contributed by atoms with Crippen molar-refractivity contribution in [2.45, 2.75) is 31.1 Å². The maximum absolute atomic E-state index is 12.2. The van der Waals surface area contributed by atoms with Crippen LogP contribution in [-0.2, 0) is 10.0 Å². The van der Waals surface area contributed by atoms with Gasteiger partial charge in [-0.15, -0.1) is 0 Å². The Kier molecular flexibility index (Phi) is 4.19. The molecule has 0 aliphatic heterocycles. The molecule has 1 heterocycles. The second-order valence-corrected chi connectivity index (χ2v) is 6.26. The molecule has 1 saturated carbocycles. The molecule has 5 nitrogen and oxygen atoms in total. The van der Waals surface area contributed by atoms with E-state index < -0.39 is 10.0 Å². The van der Waals surface area contributed by atoms with Crippen LogP contribution in [0.25, 0.3) is 0 Å². The van der Waals surface area contributed by atoms with Crippen molar-refractivity contribution >= 4 is 15.8 Å². The highest BCUT2D eigenvalue weighted by molar-refractivity contribution is 7.89. The van der Waals surface area contributed by atoms with E-state index in [1.165, 1.54) is 6.42 Å². The van der Waals surface area contributed by atoms with Crippen LogP contribution in [-0.4, -0.2) is 26.5 Å². The number of rotatable bonds is 6. The SMILES string of the molecule is CCNc1ncccc1S(=O)(=O)NCC1CCC1. The Hall–Kier alpha value is -1.14. The molecular formula is C12H19N3O2S. The molecule has 2 rings (SSSR count). The fraction of sp³-hybridized carbons (Fsp3) is 0.583. The summed E-state index contributed by atoms with van der Waals surface area (Å²) in [6.07, 6.45) is 5.04. The second-order valence-electron chi connectivity index (χ2n) is 4.53. The van der Waals surface area contributed by atoms with Crippen LogP contribution >= 0.6 is 0 Å². The summed E-state index contributed by atoms with van der Waals surface area (Å²) in [6, 6.07) is 3.22. The van der Waals surface area contributed by atoms with Crippen LogP contribution in [0.2, 0.25) is 0 Å². The van der Waals surface area contributed by atoms with Crippen molar-refractivity contribution in [1.82, 2.24) is 9.71 Å². The minimum atomic E-state index is -3.46. The van der Waals surface area contributed by atoms with Crippen LogP contribution in [0.15, 0.2) is 23.2 Å². The van der Waals surface area contributed by atoms with E-state index in [0.717, 1.165) is 12.8 Å². The van der Waals surface area contributed by atoms with Gasteiger partial charge in [0.2, 0.25) is 10.0 Å². The number of anilines is 1. The molecule has 0 radical (unpaired) electrons. The molecule has 0 atom stereocenters. The van der Waals surface area contributed by atoms with Gasteiger partial charge in [0.25, 0.3) is 0 Å². The van der Waals surface area contributed by atoms with Gasteiger partial charge in [-0.3, -0.25) is 0 Å². The van der Waals surface area contributed by atoms with Crippen molar-refractivity contribution < 1.29 is 8.42 Å². The fourth-order valence-electron chi connectivity index (χ4n) is 1.91. The molecule has 0 spiro atoms. The van der Waals surface area contributed by atoms with E-state index in [2.05, 4.69) is 15.0 Å². The zero-order valence-electron chi connectivity index (χ0n) is 10.5. The standard InChI is InChI=1S/C12H19N3O2S/c1-2-13-12-11(7-4-8-14-12)18(16,17)15-9-10-5-3-6-10/h4,7-8,10,15H,2-3,5-6,9H2,1H3,(H,13,14). The molecule has 0 aromatic carbocycles. The largest absolute Gasteiger partial charge is 0.369 e. The first-order valence-electron chi connectivity index (χ1n) is 6.32. The van der Waals surface area contributed by atoms with Crippen LogP contribution in [0, 0.1) is 5.92 Å². The summed E-state index contributed by atoms with van der Waals surface area (Å²) in [4.78, 5) is 4.29. The normalized spacial score (nSPS) is 16.3. The van der Waals surface area contributed by atoms with E-state index in [4.69, 9.17) is 0 Å². The van der Waals surface area contributed by atoms with Gasteiger partial charge in [-0.25, -0.2) is 18.1 Å². The van der Waals surface area contributed by atoms with E-state index in [-0.39, 0.29) is 4.90 Å². The van der Waals surface area contributed by atoms with Gasteiger partial charge in [0.15, 0.2) is 0 Å². The molecule has 1 aliphatic rings. The zero-order chi connectivity index (χ0) is 13.0. The van der Waals surface area contributed by atoms with Gasteiger partial charge < -0.3 is 5.32 Å². The summed E-state index contributed by atoms with van der Waals surface area (Å²) in [5, 5.41) is 2.97. The predicted molar refractivity (Wildman–Crippen MR) is 70.9 cm³/mol. The number of nitrogens with one attached hydrogen (secondary N) is 2. The summed E-state index contributed by atoms with van der Waals surface area (Å²) >= 11 is 0. The van der Waals surface area contributed by atoms with E-state index in [1.54, 1.807) is 18.3 Å². The number of pyridine rings is 1. The molecule has 18 heavy (non-hydrogen) atoms. The lowest BCUT2D eigenvalue weighted by Gasteiger charge is -2.25. The topological polar surface area (TPSA) is 71.1 Å². The molecule has 0 saturated heterocycles. The number of hydrogen-bond acceptors (Lipinski definition) is 4. The summed E-state index contributed by atoms with van der Waals surface area (Å²) in [7, 11) is -3.46. The highest BCUT2D eigenvalue weighted by Gasteiger charge is 2.23. The van der Waals surface area contributed by atoms with E-state index in [9.17, 15) is 8.42 Å². The van der Waals surface area contributed by atoms with E-state index in [1.807, 2.05) is 6.92 Å². The van der Waals surface area contributed by atoms with E-state index in [0.29, 0.717) is 24.8 Å². The van der Waals surface area contributed by atoms with Crippen molar-refractivity contribution in [2.24, 2.45) is 5.92 Å². The highest BCUT2D eigenvalue weighted by atomic mass is 32.2. The molecule has 1 aromatic heterocycles. The molecule has 0 bridgehead atoms. The Balaban J connectivity index is 2.12. The van der Waals surface area contributed by atoms with Crippen LogP contribution in [0.5, 0.6) is 0 Å². The molecule has 1 aliphatic carbocycles. The van der Waals surface area contributed by atoms with Gasteiger partial charge >= 0.3 is 0 Å². The highest BCUT2D eigenvalue weighted by Crippen LogP contribution is 2.26. The van der Waals surface area contributed by atoms with Crippen molar-refractivity contribution in [3.63, 3.8) is 0 Å². The lowest BCUT2D eigenvalue weighted by molar-refractivity contribution is 0.316. The maximum atomic E-state index is 12.2. The minimum absolute atomic E-state index is 0.228. The Morgan fingerprint density at radius 1 is 1.44 bits per heavy atom. The van der Waals surface area contributed by atoms with Crippen LogP contribution < -0.4 is 10.0 Å². The van der Waals surface area contributed by atoms with Gasteiger partial charge in [-0.2, -0.15) is 0 Å². The van der Waals surface area contributed by atoms with Gasteiger partial charge in [0.05, 0.1) is 0 Å². The third-order valence-corrected chi connectivity index (χ3v) is 4.65. The second kappa shape index (κ2) is 5.67. The summed E-state index contributed by atoms with van der Waals surface area (Å²) < 4.78 is 27.0. The molecule has 1 aromatic rings. The molecule has 1 fully saturated rings. The smallest absolute Gasteiger partial charge is 0.244 e. The average Bonchev–Trinajstić information content (AvgIpc) is 2.28. The van der Waals surface area contributed by atoms with E-state index >= 15 is 0 Å². The van der Waals surface area contributed by atoms with Gasteiger partial charge in [0.1, 0.15) is 10.7 Å². The van der Waals surface area contributed by atoms with Gasteiger partial charge in [0, 0.05) is 19.3 Å². The Morgan fingerprint density at radius 2 is 2.22 bits per heavy atom. The first kappa shape index (κ1) is 13.3. The fourth-order valence-corrected chi connectivity index (χ4v) is 3.16. The van der Waals surface area contributed by atoms with Gasteiger partial charge in [-0.1, -0.05) is 6.42 Å². The summed E-state index contributed by atoms with van der Waals surface area (Å²) in [5.74, 6) is 0.917. The first-order valence-corrected chi connectivity index (χ1v) is 7.80. The Labute approximate surface area is 108 Å². The minimum Gasteiger partial charge on any atom is -0.369 e. The monoisotopic (exact) mass is 269 g/mol. The summed E-state index contributed by atoms with van der Waals surface area (Å²) in [6.45, 7) is 3.08. The van der Waals surface area contributed by atoms with Crippen LogP contribution in [0.4, 0.5) is 5.82 Å². The molecule has 0 amide bonds. The van der Waals surface area contributed by atoms with Crippen molar-refractivity contribution in [2.75, 3.05) is 18.4 Å². The maximum Gasteiger partial charge on any atom is 0.244 e. The average molecular weight is 269 g/mol. The third-order valence-electron chi connectivity index (χ3n) is 3.19. The number of sulfonamides is 1. The Bertz CT molecular complexity index is 498. The van der Waals surface area contributed by atoms with Gasteiger partial charge in [-0.05, 0) is 37.8 Å². The molecule has 2 N–H and O–H groups in total. The molecular weight excluding hydrogens is 250 g/mol. The Morgan fingerprint density at radius 3 is 2.83 bits per heavy atom. The predicted octanol–water partition coefficient (Wildman–Crippen LogP) is 1.59.